The topological polar surface area (TPSA) is 38.3 Å². The highest BCUT2D eigenvalue weighted by molar-refractivity contribution is 5.67. The van der Waals surface area contributed by atoms with Crippen molar-refractivity contribution < 1.29 is 9.53 Å². The SMILES string of the molecule is CCC1CC1OC(=O)NCCCC(C)C. The number of hydrogen-bond donors (Lipinski definition) is 1. The molecule has 2 unspecified atom stereocenters. The van der Waals surface area contributed by atoms with E-state index in [9.17, 15) is 4.79 Å². The van der Waals surface area contributed by atoms with Crippen molar-refractivity contribution in [2.24, 2.45) is 11.8 Å². The van der Waals surface area contributed by atoms with Crippen LogP contribution in [0.25, 0.3) is 0 Å². The molecule has 1 aliphatic rings. The number of rotatable bonds is 6. The van der Waals surface area contributed by atoms with Crippen LogP contribution < -0.4 is 5.32 Å². The molecule has 0 aromatic heterocycles. The molecular weight excluding hydrogens is 190 g/mol. The largest absolute Gasteiger partial charge is 0.446 e. The maximum absolute atomic E-state index is 11.3. The zero-order valence-corrected chi connectivity index (χ0v) is 10.1. The zero-order valence-electron chi connectivity index (χ0n) is 10.1. The van der Waals surface area contributed by atoms with E-state index in [-0.39, 0.29) is 12.2 Å². The van der Waals surface area contributed by atoms with Crippen LogP contribution in [0.1, 0.15) is 46.5 Å². The fourth-order valence-electron chi connectivity index (χ4n) is 1.67. The summed E-state index contributed by atoms with van der Waals surface area (Å²) < 4.78 is 5.22. The van der Waals surface area contributed by atoms with Crippen LogP contribution in [0.3, 0.4) is 0 Å². The second kappa shape index (κ2) is 5.99. The van der Waals surface area contributed by atoms with Gasteiger partial charge in [0.1, 0.15) is 6.10 Å². The Hall–Kier alpha value is -0.730. The highest BCUT2D eigenvalue weighted by atomic mass is 16.6. The number of nitrogens with one attached hydrogen (secondary N) is 1. The van der Waals surface area contributed by atoms with E-state index in [0.29, 0.717) is 11.8 Å². The molecule has 1 rings (SSSR count). The lowest BCUT2D eigenvalue weighted by molar-refractivity contribution is 0.133. The summed E-state index contributed by atoms with van der Waals surface area (Å²) in [6, 6.07) is 0. The molecular formula is C12H23NO2. The Morgan fingerprint density at radius 3 is 2.80 bits per heavy atom. The standard InChI is InChI=1S/C12H23NO2/c1-4-10-8-11(10)15-12(14)13-7-5-6-9(2)3/h9-11H,4-8H2,1-3H3,(H,13,14). The Morgan fingerprint density at radius 2 is 2.27 bits per heavy atom. The number of alkyl carbamates (subject to hydrolysis) is 1. The third-order valence-electron chi connectivity index (χ3n) is 2.87. The van der Waals surface area contributed by atoms with Gasteiger partial charge in [-0.1, -0.05) is 20.8 Å². The molecule has 1 aliphatic carbocycles. The van der Waals surface area contributed by atoms with Gasteiger partial charge in [0.25, 0.3) is 0 Å². The van der Waals surface area contributed by atoms with Crippen LogP contribution in [0, 0.1) is 11.8 Å². The molecule has 0 saturated heterocycles. The molecule has 1 N–H and O–H groups in total. The fraction of sp³-hybridized carbons (Fsp3) is 0.917. The minimum Gasteiger partial charge on any atom is -0.446 e. The third-order valence-corrected chi connectivity index (χ3v) is 2.87. The van der Waals surface area contributed by atoms with Gasteiger partial charge in [0.15, 0.2) is 0 Å². The molecule has 0 aromatic carbocycles. The lowest BCUT2D eigenvalue weighted by Gasteiger charge is -2.07. The highest BCUT2D eigenvalue weighted by Crippen LogP contribution is 2.36. The predicted octanol–water partition coefficient (Wildman–Crippen LogP) is 2.95. The molecule has 1 saturated carbocycles. The fourth-order valence-corrected chi connectivity index (χ4v) is 1.67. The Bertz CT molecular complexity index is 204. The summed E-state index contributed by atoms with van der Waals surface area (Å²) in [7, 11) is 0. The monoisotopic (exact) mass is 213 g/mol. The van der Waals surface area contributed by atoms with Gasteiger partial charge >= 0.3 is 6.09 Å². The van der Waals surface area contributed by atoms with Crippen molar-refractivity contribution in [1.82, 2.24) is 5.32 Å². The van der Waals surface area contributed by atoms with Gasteiger partial charge < -0.3 is 10.1 Å². The summed E-state index contributed by atoms with van der Waals surface area (Å²) in [6.45, 7) is 7.25. The molecule has 0 aliphatic heterocycles. The lowest BCUT2D eigenvalue weighted by atomic mass is 10.1. The maximum atomic E-state index is 11.3. The van der Waals surface area contributed by atoms with Crippen LogP contribution in [0.2, 0.25) is 0 Å². The first kappa shape index (κ1) is 12.3. The molecule has 1 fully saturated rings. The summed E-state index contributed by atoms with van der Waals surface area (Å²) in [6.07, 6.45) is 4.32. The van der Waals surface area contributed by atoms with Crippen molar-refractivity contribution >= 4 is 6.09 Å². The van der Waals surface area contributed by atoms with Gasteiger partial charge in [0, 0.05) is 6.54 Å². The number of carbonyl (C=O) groups is 1. The minimum absolute atomic E-state index is 0.195. The Morgan fingerprint density at radius 1 is 1.53 bits per heavy atom. The summed E-state index contributed by atoms with van der Waals surface area (Å²) in [5.74, 6) is 1.32. The Balaban J connectivity index is 1.95. The normalized spacial score (nSPS) is 24.0. The summed E-state index contributed by atoms with van der Waals surface area (Å²) in [5, 5.41) is 2.79. The summed E-state index contributed by atoms with van der Waals surface area (Å²) in [4.78, 5) is 11.3. The average molecular weight is 213 g/mol. The first-order valence-electron chi connectivity index (χ1n) is 6.08. The van der Waals surface area contributed by atoms with E-state index in [1.165, 1.54) is 0 Å². The van der Waals surface area contributed by atoms with Gasteiger partial charge in [-0.05, 0) is 37.5 Å². The number of ether oxygens (including phenoxy) is 1. The second-order valence-corrected chi connectivity index (χ2v) is 4.81. The summed E-state index contributed by atoms with van der Waals surface area (Å²) >= 11 is 0. The van der Waals surface area contributed by atoms with E-state index >= 15 is 0 Å². The lowest BCUT2D eigenvalue weighted by Crippen LogP contribution is -2.26. The van der Waals surface area contributed by atoms with E-state index in [2.05, 4.69) is 26.1 Å². The molecule has 1 amide bonds. The molecule has 0 heterocycles. The summed E-state index contributed by atoms with van der Waals surface area (Å²) in [5.41, 5.74) is 0. The molecule has 3 nitrogen and oxygen atoms in total. The third kappa shape index (κ3) is 5.05. The van der Waals surface area contributed by atoms with Gasteiger partial charge in [0.05, 0.1) is 0 Å². The predicted molar refractivity (Wildman–Crippen MR) is 60.7 cm³/mol. The van der Waals surface area contributed by atoms with Gasteiger partial charge in [0.2, 0.25) is 0 Å². The smallest absolute Gasteiger partial charge is 0.407 e. The number of hydrogen-bond acceptors (Lipinski definition) is 2. The maximum Gasteiger partial charge on any atom is 0.407 e. The molecule has 0 aromatic rings. The zero-order chi connectivity index (χ0) is 11.3. The van der Waals surface area contributed by atoms with Gasteiger partial charge in [-0.15, -0.1) is 0 Å². The van der Waals surface area contributed by atoms with Crippen molar-refractivity contribution in [3.05, 3.63) is 0 Å². The number of carbonyl (C=O) groups excluding carboxylic acids is 1. The van der Waals surface area contributed by atoms with Crippen LogP contribution in [-0.2, 0) is 4.74 Å². The van der Waals surface area contributed by atoms with Crippen LogP contribution in [-0.4, -0.2) is 18.7 Å². The molecule has 0 radical (unpaired) electrons. The highest BCUT2D eigenvalue weighted by Gasteiger charge is 2.38. The van der Waals surface area contributed by atoms with E-state index in [0.717, 1.165) is 32.2 Å². The van der Waals surface area contributed by atoms with Crippen LogP contribution in [0.15, 0.2) is 0 Å². The Labute approximate surface area is 92.6 Å². The van der Waals surface area contributed by atoms with Gasteiger partial charge in [-0.2, -0.15) is 0 Å². The van der Waals surface area contributed by atoms with Crippen molar-refractivity contribution in [1.29, 1.82) is 0 Å². The van der Waals surface area contributed by atoms with Crippen molar-refractivity contribution in [2.75, 3.05) is 6.54 Å². The molecule has 3 heteroatoms. The van der Waals surface area contributed by atoms with Crippen LogP contribution >= 0.6 is 0 Å². The van der Waals surface area contributed by atoms with Gasteiger partial charge in [-0.25, -0.2) is 4.79 Å². The van der Waals surface area contributed by atoms with Crippen LogP contribution in [0.4, 0.5) is 4.79 Å². The van der Waals surface area contributed by atoms with E-state index in [1.807, 2.05) is 0 Å². The molecule has 88 valence electrons. The first-order valence-corrected chi connectivity index (χ1v) is 6.08. The molecule has 2 atom stereocenters. The van der Waals surface area contributed by atoms with E-state index in [1.54, 1.807) is 0 Å². The molecule has 0 bridgehead atoms. The van der Waals surface area contributed by atoms with Crippen molar-refractivity contribution in [3.63, 3.8) is 0 Å². The number of amides is 1. The quantitative estimate of drug-likeness (QED) is 0.689. The van der Waals surface area contributed by atoms with Crippen molar-refractivity contribution in [2.45, 2.75) is 52.6 Å². The minimum atomic E-state index is -0.236. The molecule has 15 heavy (non-hydrogen) atoms. The van der Waals surface area contributed by atoms with Crippen molar-refractivity contribution in [3.8, 4) is 0 Å². The first-order chi connectivity index (χ1) is 7.13. The van der Waals surface area contributed by atoms with E-state index in [4.69, 9.17) is 4.74 Å². The Kier molecular flexibility index (Phi) is 4.92. The average Bonchev–Trinajstić information content (AvgIpc) is 2.91. The molecule has 0 spiro atoms. The second-order valence-electron chi connectivity index (χ2n) is 4.81. The van der Waals surface area contributed by atoms with Crippen LogP contribution in [0.5, 0.6) is 0 Å². The van der Waals surface area contributed by atoms with Gasteiger partial charge in [-0.3, -0.25) is 0 Å². The van der Waals surface area contributed by atoms with E-state index < -0.39 is 0 Å².